The molecular weight excluding hydrogens is 320 g/mol. The van der Waals surface area contributed by atoms with Gasteiger partial charge in [-0.25, -0.2) is 0 Å². The van der Waals surface area contributed by atoms with Crippen LogP contribution in [0.3, 0.4) is 0 Å². The molecule has 2 heterocycles. The van der Waals surface area contributed by atoms with E-state index in [-0.39, 0.29) is 11.3 Å². The second kappa shape index (κ2) is 4.70. The summed E-state index contributed by atoms with van der Waals surface area (Å²) in [7, 11) is 1.81. The van der Waals surface area contributed by atoms with E-state index in [4.69, 9.17) is 16.6 Å². The molecule has 0 radical (unpaired) electrons. The number of hydrogen-bond donors (Lipinski definition) is 0. The maximum atomic E-state index is 13.5. The number of nitrogens with zero attached hydrogens (tertiary/aromatic N) is 2. The Morgan fingerprint density at radius 1 is 1.08 bits per heavy atom. The Bertz CT molecular complexity index is 910. The lowest BCUT2D eigenvalue weighted by Crippen LogP contribution is -2.48. The third kappa shape index (κ3) is 1.73. The van der Waals surface area contributed by atoms with Crippen molar-refractivity contribution in [2.45, 2.75) is 26.2 Å². The minimum absolute atomic E-state index is 0.0402. The molecule has 1 amide bonds. The Morgan fingerprint density at radius 3 is 2.50 bits per heavy atom. The Kier molecular flexibility index (Phi) is 3.02. The molecule has 4 heteroatoms. The van der Waals surface area contributed by atoms with Crippen molar-refractivity contribution in [1.82, 2.24) is 0 Å². The van der Waals surface area contributed by atoms with Gasteiger partial charge >= 0.3 is 0 Å². The Balaban J connectivity index is 2.13. The number of carbonyl (C=O) groups is 1. The standard InChI is InChI=1S/C20H19ClN2O/c1-19(2,3)17-20(13-7-5-6-8-15(13)22-17)14-10-9-12(21)11-16(14)23(4)18(20)24/h5-11H,1-4H3. The summed E-state index contributed by atoms with van der Waals surface area (Å²) in [6.07, 6.45) is 0. The minimum Gasteiger partial charge on any atom is -0.314 e. The highest BCUT2D eigenvalue weighted by atomic mass is 35.5. The van der Waals surface area contributed by atoms with E-state index in [1.54, 1.807) is 4.90 Å². The molecule has 1 atom stereocenters. The number of benzene rings is 2. The van der Waals surface area contributed by atoms with Crippen LogP contribution in [0.15, 0.2) is 47.5 Å². The van der Waals surface area contributed by atoms with E-state index in [0.29, 0.717) is 5.02 Å². The predicted octanol–water partition coefficient (Wildman–Crippen LogP) is 4.73. The van der Waals surface area contributed by atoms with E-state index >= 15 is 0 Å². The van der Waals surface area contributed by atoms with Gasteiger partial charge in [-0.2, -0.15) is 0 Å². The van der Waals surface area contributed by atoms with Gasteiger partial charge in [0.25, 0.3) is 0 Å². The summed E-state index contributed by atoms with van der Waals surface area (Å²) in [4.78, 5) is 20.1. The molecule has 0 aliphatic carbocycles. The molecule has 2 aliphatic rings. The molecule has 4 rings (SSSR count). The van der Waals surface area contributed by atoms with E-state index < -0.39 is 5.41 Å². The van der Waals surface area contributed by atoms with Crippen molar-refractivity contribution in [3.8, 4) is 0 Å². The van der Waals surface area contributed by atoms with Crippen LogP contribution in [0.4, 0.5) is 11.4 Å². The van der Waals surface area contributed by atoms with Gasteiger partial charge in [-0.15, -0.1) is 0 Å². The number of halogens is 1. The highest BCUT2D eigenvalue weighted by Crippen LogP contribution is 2.55. The quantitative estimate of drug-likeness (QED) is 0.683. The summed E-state index contributed by atoms with van der Waals surface area (Å²) in [5, 5.41) is 0.631. The zero-order chi connectivity index (χ0) is 17.3. The summed E-state index contributed by atoms with van der Waals surface area (Å²) in [6, 6.07) is 13.6. The van der Waals surface area contributed by atoms with Gasteiger partial charge in [0.2, 0.25) is 5.91 Å². The Labute approximate surface area is 147 Å². The van der Waals surface area contributed by atoms with Gasteiger partial charge in [-0.1, -0.05) is 56.6 Å². The zero-order valence-electron chi connectivity index (χ0n) is 14.2. The maximum absolute atomic E-state index is 13.5. The molecule has 2 aliphatic heterocycles. The van der Waals surface area contributed by atoms with Crippen LogP contribution in [0, 0.1) is 5.41 Å². The average molecular weight is 339 g/mol. The molecular formula is C20H19ClN2O. The average Bonchev–Trinajstić information content (AvgIpc) is 2.98. The van der Waals surface area contributed by atoms with Gasteiger partial charge in [-0.05, 0) is 18.2 Å². The molecule has 0 saturated carbocycles. The van der Waals surface area contributed by atoms with Gasteiger partial charge in [0, 0.05) is 40.0 Å². The second-order valence-electron chi connectivity index (χ2n) is 7.50. The SMILES string of the molecule is CN1C(=O)C2(C(C(C)(C)C)=Nc3ccccc32)c2ccc(Cl)cc21. The fraction of sp³-hybridized carbons (Fsp3) is 0.300. The fourth-order valence-electron chi connectivity index (χ4n) is 4.02. The van der Waals surface area contributed by atoms with E-state index in [1.165, 1.54) is 0 Å². The van der Waals surface area contributed by atoms with Crippen molar-refractivity contribution in [2.24, 2.45) is 10.4 Å². The largest absolute Gasteiger partial charge is 0.314 e. The smallest absolute Gasteiger partial charge is 0.247 e. The number of hydrogen-bond acceptors (Lipinski definition) is 2. The van der Waals surface area contributed by atoms with E-state index in [1.807, 2.05) is 49.5 Å². The molecule has 0 saturated heterocycles. The van der Waals surface area contributed by atoms with E-state index in [0.717, 1.165) is 28.2 Å². The van der Waals surface area contributed by atoms with Crippen molar-refractivity contribution >= 4 is 34.6 Å². The van der Waals surface area contributed by atoms with Crippen molar-refractivity contribution in [2.75, 3.05) is 11.9 Å². The summed E-state index contributed by atoms with van der Waals surface area (Å²) in [6.45, 7) is 6.34. The fourth-order valence-corrected chi connectivity index (χ4v) is 4.18. The van der Waals surface area contributed by atoms with Crippen LogP contribution in [0.1, 0.15) is 31.9 Å². The summed E-state index contributed by atoms with van der Waals surface area (Å²) in [5.41, 5.74) is 3.49. The molecule has 2 aromatic rings. The molecule has 0 aromatic heterocycles. The lowest BCUT2D eigenvalue weighted by Gasteiger charge is -2.33. The number of carbonyl (C=O) groups excluding carboxylic acids is 1. The number of rotatable bonds is 0. The van der Waals surface area contributed by atoms with E-state index in [2.05, 4.69) is 20.8 Å². The molecule has 0 bridgehead atoms. The highest BCUT2D eigenvalue weighted by molar-refractivity contribution is 6.33. The number of likely N-dealkylation sites (N-methyl/N-ethyl adjacent to an activating group) is 1. The van der Waals surface area contributed by atoms with Crippen LogP contribution >= 0.6 is 11.6 Å². The molecule has 3 nitrogen and oxygen atoms in total. The lowest BCUT2D eigenvalue weighted by atomic mass is 9.66. The van der Waals surface area contributed by atoms with Gasteiger partial charge in [0.15, 0.2) is 0 Å². The van der Waals surface area contributed by atoms with Crippen LogP contribution in [-0.4, -0.2) is 18.7 Å². The Morgan fingerprint density at radius 2 is 1.79 bits per heavy atom. The highest BCUT2D eigenvalue weighted by Gasteiger charge is 2.60. The van der Waals surface area contributed by atoms with Gasteiger partial charge < -0.3 is 4.90 Å². The minimum atomic E-state index is -0.844. The Hall–Kier alpha value is -2.13. The molecule has 24 heavy (non-hydrogen) atoms. The number of aliphatic imine (C=N–C) groups is 1. The normalized spacial score (nSPS) is 22.0. The number of amides is 1. The van der Waals surface area contributed by atoms with Crippen molar-refractivity contribution in [1.29, 1.82) is 0 Å². The first-order valence-corrected chi connectivity index (χ1v) is 8.43. The van der Waals surface area contributed by atoms with Crippen LogP contribution in [0.25, 0.3) is 0 Å². The third-order valence-corrected chi connectivity index (χ3v) is 5.19. The monoisotopic (exact) mass is 338 g/mol. The van der Waals surface area contributed by atoms with Crippen molar-refractivity contribution < 1.29 is 4.79 Å². The topological polar surface area (TPSA) is 32.7 Å². The second-order valence-corrected chi connectivity index (χ2v) is 7.94. The predicted molar refractivity (Wildman–Crippen MR) is 98.6 cm³/mol. The molecule has 1 spiro atoms. The molecule has 2 aromatic carbocycles. The van der Waals surface area contributed by atoms with Crippen molar-refractivity contribution in [3.05, 3.63) is 58.6 Å². The van der Waals surface area contributed by atoms with Crippen molar-refractivity contribution in [3.63, 3.8) is 0 Å². The summed E-state index contributed by atoms with van der Waals surface area (Å²) in [5.74, 6) is 0.0402. The zero-order valence-corrected chi connectivity index (χ0v) is 15.0. The van der Waals surface area contributed by atoms with Gasteiger partial charge in [0.1, 0.15) is 5.41 Å². The summed E-state index contributed by atoms with van der Waals surface area (Å²) >= 11 is 6.19. The molecule has 122 valence electrons. The van der Waals surface area contributed by atoms with Crippen LogP contribution in [0.5, 0.6) is 0 Å². The van der Waals surface area contributed by atoms with E-state index in [9.17, 15) is 4.79 Å². The lowest BCUT2D eigenvalue weighted by molar-refractivity contribution is -0.119. The third-order valence-electron chi connectivity index (χ3n) is 4.96. The number of fused-ring (bicyclic) bond motifs is 4. The maximum Gasteiger partial charge on any atom is 0.247 e. The number of anilines is 1. The molecule has 0 N–H and O–H groups in total. The van der Waals surface area contributed by atoms with Crippen LogP contribution in [0.2, 0.25) is 5.02 Å². The summed E-state index contributed by atoms with van der Waals surface area (Å²) < 4.78 is 0. The van der Waals surface area contributed by atoms with Gasteiger partial charge in [-0.3, -0.25) is 9.79 Å². The number of para-hydroxylation sites is 1. The first kappa shape index (κ1) is 15.4. The first-order valence-electron chi connectivity index (χ1n) is 8.05. The molecule has 1 unspecified atom stereocenters. The van der Waals surface area contributed by atoms with Crippen LogP contribution in [-0.2, 0) is 10.2 Å². The van der Waals surface area contributed by atoms with Gasteiger partial charge in [0.05, 0.1) is 5.69 Å². The first-order chi connectivity index (χ1) is 11.3. The molecule has 0 fully saturated rings. The van der Waals surface area contributed by atoms with Crippen LogP contribution < -0.4 is 4.90 Å².